The summed E-state index contributed by atoms with van der Waals surface area (Å²) in [6, 6.07) is 29.9. The zero-order valence-electron chi connectivity index (χ0n) is 16.3. The highest BCUT2D eigenvalue weighted by Gasteiger charge is 2.41. The third-order valence-electron chi connectivity index (χ3n) is 4.83. The van der Waals surface area contributed by atoms with Crippen LogP contribution >= 0.6 is 0 Å². The number of hydrogen-bond donors (Lipinski definition) is 1. The van der Waals surface area contributed by atoms with Crippen molar-refractivity contribution < 1.29 is 14.3 Å². The molecule has 0 saturated heterocycles. The lowest BCUT2D eigenvalue weighted by atomic mass is 9.79. The van der Waals surface area contributed by atoms with Crippen LogP contribution in [0, 0.1) is 0 Å². The molecule has 28 heavy (non-hydrogen) atoms. The van der Waals surface area contributed by atoms with E-state index in [2.05, 4.69) is 6.92 Å². The van der Waals surface area contributed by atoms with E-state index in [0.717, 1.165) is 36.0 Å². The molecule has 0 aliphatic heterocycles. The van der Waals surface area contributed by atoms with Crippen molar-refractivity contribution in [2.45, 2.75) is 31.8 Å². The van der Waals surface area contributed by atoms with Crippen LogP contribution in [0.5, 0.6) is 0 Å². The molecule has 144 valence electrons. The van der Waals surface area contributed by atoms with Gasteiger partial charge in [0, 0.05) is 6.61 Å². The molecule has 0 saturated carbocycles. The van der Waals surface area contributed by atoms with E-state index < -0.39 is 12.9 Å². The number of rotatable bonds is 10. The Morgan fingerprint density at radius 3 is 1.54 bits per heavy atom. The molecule has 0 radical (unpaired) electrons. The van der Waals surface area contributed by atoms with E-state index in [-0.39, 0.29) is 0 Å². The van der Waals surface area contributed by atoms with E-state index >= 15 is 0 Å². The van der Waals surface area contributed by atoms with Gasteiger partial charge in [0.1, 0.15) is 5.60 Å². The highest BCUT2D eigenvalue weighted by molar-refractivity contribution is 6.34. The van der Waals surface area contributed by atoms with Gasteiger partial charge < -0.3 is 14.3 Å². The molecule has 0 unspecified atom stereocenters. The Morgan fingerprint density at radius 1 is 0.714 bits per heavy atom. The van der Waals surface area contributed by atoms with Crippen molar-refractivity contribution >= 4 is 7.32 Å². The summed E-state index contributed by atoms with van der Waals surface area (Å²) in [4.78, 5) is 0. The van der Waals surface area contributed by atoms with E-state index in [1.54, 1.807) is 0 Å². The zero-order valence-corrected chi connectivity index (χ0v) is 16.3. The third-order valence-corrected chi connectivity index (χ3v) is 4.83. The summed E-state index contributed by atoms with van der Waals surface area (Å²) in [6.07, 6.45) is 3.06. The van der Waals surface area contributed by atoms with E-state index in [1.165, 1.54) is 0 Å². The Morgan fingerprint density at radius 2 is 1.14 bits per heavy atom. The molecule has 0 aliphatic rings. The van der Waals surface area contributed by atoms with Gasteiger partial charge in [-0.3, -0.25) is 0 Å². The second kappa shape index (κ2) is 10.2. The minimum absolute atomic E-state index is 0.462. The lowest BCUT2D eigenvalue weighted by molar-refractivity contribution is 0.0555. The van der Waals surface area contributed by atoms with E-state index in [1.807, 2.05) is 91.0 Å². The van der Waals surface area contributed by atoms with Gasteiger partial charge in [-0.1, -0.05) is 111 Å². The average molecular weight is 374 g/mol. The second-order valence-corrected chi connectivity index (χ2v) is 6.78. The van der Waals surface area contributed by atoms with Crippen molar-refractivity contribution in [3.63, 3.8) is 0 Å². The summed E-state index contributed by atoms with van der Waals surface area (Å²) in [5.74, 6) is 0. The lowest BCUT2D eigenvalue weighted by Crippen LogP contribution is -2.40. The fourth-order valence-corrected chi connectivity index (χ4v) is 3.44. The maximum atomic E-state index is 10.6. The van der Waals surface area contributed by atoms with E-state index in [4.69, 9.17) is 9.31 Å². The van der Waals surface area contributed by atoms with Crippen molar-refractivity contribution in [3.05, 3.63) is 108 Å². The van der Waals surface area contributed by atoms with Crippen LogP contribution in [0.4, 0.5) is 0 Å². The summed E-state index contributed by atoms with van der Waals surface area (Å²) in [6.45, 7) is 2.60. The Labute approximate surface area is 168 Å². The standard InChI is InChI=1S/C24H27BO3/c1-2-3-13-20-27-25(26)28-24(21-14-7-4-8-15-21,22-16-9-5-10-17-22)23-18-11-6-12-19-23/h4-12,14-19,26H,2-3,13,20H2,1H3. The molecular weight excluding hydrogens is 347 g/mol. The molecule has 0 amide bonds. The van der Waals surface area contributed by atoms with Crippen LogP contribution < -0.4 is 0 Å². The predicted molar refractivity (Wildman–Crippen MR) is 114 cm³/mol. The van der Waals surface area contributed by atoms with Gasteiger partial charge in [0.2, 0.25) is 0 Å². The molecule has 3 nitrogen and oxygen atoms in total. The zero-order chi connectivity index (χ0) is 19.7. The molecule has 0 atom stereocenters. The van der Waals surface area contributed by atoms with Gasteiger partial charge in [-0.2, -0.15) is 0 Å². The van der Waals surface area contributed by atoms with Crippen molar-refractivity contribution in [1.82, 2.24) is 0 Å². The molecule has 4 heteroatoms. The van der Waals surface area contributed by atoms with Gasteiger partial charge in [0.15, 0.2) is 0 Å². The van der Waals surface area contributed by atoms with Crippen LogP contribution in [-0.4, -0.2) is 19.0 Å². The minimum Gasteiger partial charge on any atom is -0.402 e. The lowest BCUT2D eigenvalue weighted by Gasteiger charge is -2.36. The van der Waals surface area contributed by atoms with Gasteiger partial charge in [-0.15, -0.1) is 0 Å². The van der Waals surface area contributed by atoms with Gasteiger partial charge in [-0.25, -0.2) is 0 Å². The monoisotopic (exact) mass is 374 g/mol. The van der Waals surface area contributed by atoms with E-state index in [0.29, 0.717) is 6.61 Å². The Hall–Kier alpha value is -2.40. The molecule has 0 aromatic heterocycles. The quantitative estimate of drug-likeness (QED) is 0.302. The SMILES string of the molecule is CCCCCOB(O)OC(c1ccccc1)(c1ccccc1)c1ccccc1. The van der Waals surface area contributed by atoms with Crippen molar-refractivity contribution in [3.8, 4) is 0 Å². The molecule has 0 bridgehead atoms. The first-order valence-electron chi connectivity index (χ1n) is 9.91. The smallest absolute Gasteiger partial charge is 0.402 e. The Balaban J connectivity index is 2.04. The van der Waals surface area contributed by atoms with Gasteiger partial charge >= 0.3 is 7.32 Å². The summed E-state index contributed by atoms with van der Waals surface area (Å²) in [7, 11) is -1.34. The molecule has 0 fully saturated rings. The Bertz CT molecular complexity index is 712. The molecule has 0 heterocycles. The largest absolute Gasteiger partial charge is 0.637 e. The first-order chi connectivity index (χ1) is 13.8. The fraction of sp³-hybridized carbons (Fsp3) is 0.250. The molecular formula is C24H27BO3. The fourth-order valence-electron chi connectivity index (χ4n) is 3.44. The molecule has 0 aliphatic carbocycles. The predicted octanol–water partition coefficient (Wildman–Crippen LogP) is 5.18. The average Bonchev–Trinajstić information content (AvgIpc) is 2.77. The van der Waals surface area contributed by atoms with Gasteiger partial charge in [-0.05, 0) is 23.1 Å². The topological polar surface area (TPSA) is 38.7 Å². The summed E-state index contributed by atoms with van der Waals surface area (Å²) in [5.41, 5.74) is 1.82. The maximum Gasteiger partial charge on any atom is 0.637 e. The number of benzene rings is 3. The third kappa shape index (κ3) is 4.71. The normalized spacial score (nSPS) is 11.4. The number of unbranched alkanes of at least 4 members (excludes halogenated alkanes) is 2. The van der Waals surface area contributed by atoms with Crippen molar-refractivity contribution in [1.29, 1.82) is 0 Å². The maximum absolute atomic E-state index is 10.6. The minimum atomic E-state index is -1.34. The van der Waals surface area contributed by atoms with Crippen LogP contribution in [0.15, 0.2) is 91.0 Å². The molecule has 3 rings (SSSR count). The summed E-state index contributed by atoms with van der Waals surface area (Å²) in [5, 5.41) is 10.6. The van der Waals surface area contributed by atoms with Crippen molar-refractivity contribution in [2.75, 3.05) is 6.61 Å². The number of hydrogen-bond acceptors (Lipinski definition) is 3. The second-order valence-electron chi connectivity index (χ2n) is 6.78. The first-order valence-corrected chi connectivity index (χ1v) is 9.91. The van der Waals surface area contributed by atoms with Gasteiger partial charge in [0.05, 0.1) is 0 Å². The summed E-state index contributed by atoms with van der Waals surface area (Å²) >= 11 is 0. The van der Waals surface area contributed by atoms with Gasteiger partial charge in [0.25, 0.3) is 0 Å². The van der Waals surface area contributed by atoms with Crippen LogP contribution in [-0.2, 0) is 14.9 Å². The molecule has 3 aromatic carbocycles. The van der Waals surface area contributed by atoms with Crippen LogP contribution in [0.2, 0.25) is 0 Å². The van der Waals surface area contributed by atoms with E-state index in [9.17, 15) is 5.02 Å². The van der Waals surface area contributed by atoms with Crippen molar-refractivity contribution in [2.24, 2.45) is 0 Å². The highest BCUT2D eigenvalue weighted by Crippen LogP contribution is 2.40. The summed E-state index contributed by atoms with van der Waals surface area (Å²) < 4.78 is 11.9. The highest BCUT2D eigenvalue weighted by atomic mass is 16.7. The van der Waals surface area contributed by atoms with Crippen LogP contribution in [0.3, 0.4) is 0 Å². The molecule has 3 aromatic rings. The molecule has 1 N–H and O–H groups in total. The first kappa shape index (κ1) is 20.3. The Kier molecular flexibility index (Phi) is 7.43. The molecule has 0 spiro atoms. The van der Waals surface area contributed by atoms with Crippen LogP contribution in [0.25, 0.3) is 0 Å². The van der Waals surface area contributed by atoms with Crippen LogP contribution in [0.1, 0.15) is 42.9 Å².